The molecule has 2 unspecified atom stereocenters. The molecule has 118 valence electrons. The molecule has 2 atom stereocenters. The molecule has 0 bridgehead atoms. The number of para-hydroxylation sites is 1. The fourth-order valence-electron chi connectivity index (χ4n) is 3.25. The summed E-state index contributed by atoms with van der Waals surface area (Å²) in [5.74, 6) is 1.89. The van der Waals surface area contributed by atoms with Crippen molar-refractivity contribution in [2.24, 2.45) is 5.92 Å². The van der Waals surface area contributed by atoms with Crippen LogP contribution < -0.4 is 5.32 Å². The summed E-state index contributed by atoms with van der Waals surface area (Å²) in [5.41, 5.74) is 1.31. The van der Waals surface area contributed by atoms with E-state index in [-0.39, 0.29) is 0 Å². The molecule has 1 aliphatic rings. The van der Waals surface area contributed by atoms with E-state index >= 15 is 0 Å². The average Bonchev–Trinajstić information content (AvgIpc) is 2.50. The van der Waals surface area contributed by atoms with Gasteiger partial charge in [-0.2, -0.15) is 0 Å². The molecule has 1 aromatic rings. The Labute approximate surface area is 134 Å². The van der Waals surface area contributed by atoms with Crippen molar-refractivity contribution in [3.8, 4) is 0 Å². The van der Waals surface area contributed by atoms with E-state index in [0.29, 0.717) is 6.04 Å². The van der Waals surface area contributed by atoms with Crippen molar-refractivity contribution in [1.82, 2.24) is 4.90 Å². The van der Waals surface area contributed by atoms with E-state index in [1.807, 2.05) is 11.8 Å². The summed E-state index contributed by atoms with van der Waals surface area (Å²) in [6, 6.07) is 9.27. The SMILES string of the molecule is CCCN1CCCC(C(C)Nc2ccccc2SCC)C1. The molecule has 21 heavy (non-hydrogen) atoms. The van der Waals surface area contributed by atoms with Crippen molar-refractivity contribution in [3.63, 3.8) is 0 Å². The molecule has 1 aliphatic heterocycles. The van der Waals surface area contributed by atoms with E-state index in [1.165, 1.54) is 49.5 Å². The van der Waals surface area contributed by atoms with Gasteiger partial charge in [0.05, 0.1) is 0 Å². The van der Waals surface area contributed by atoms with Crippen LogP contribution >= 0.6 is 11.8 Å². The maximum atomic E-state index is 3.78. The second kappa shape index (κ2) is 8.70. The summed E-state index contributed by atoms with van der Waals surface area (Å²) in [4.78, 5) is 4.02. The first-order valence-electron chi connectivity index (χ1n) is 8.45. The van der Waals surface area contributed by atoms with Crippen molar-refractivity contribution in [2.75, 3.05) is 30.7 Å². The second-order valence-electron chi connectivity index (χ2n) is 6.07. The minimum Gasteiger partial charge on any atom is -0.381 e. The molecule has 0 amide bonds. The van der Waals surface area contributed by atoms with Crippen LogP contribution in [0.15, 0.2) is 29.2 Å². The lowest BCUT2D eigenvalue weighted by Gasteiger charge is -2.36. The monoisotopic (exact) mass is 306 g/mol. The molecule has 0 spiro atoms. The summed E-state index contributed by atoms with van der Waals surface area (Å²) in [6.07, 6.45) is 3.98. The van der Waals surface area contributed by atoms with Crippen LogP contribution in [-0.4, -0.2) is 36.3 Å². The summed E-state index contributed by atoms with van der Waals surface area (Å²) >= 11 is 1.93. The fraction of sp³-hybridized carbons (Fsp3) is 0.667. The Bertz CT molecular complexity index is 419. The minimum absolute atomic E-state index is 0.545. The summed E-state index contributed by atoms with van der Waals surface area (Å²) in [7, 11) is 0. The topological polar surface area (TPSA) is 15.3 Å². The highest BCUT2D eigenvalue weighted by Gasteiger charge is 2.24. The molecule has 0 radical (unpaired) electrons. The van der Waals surface area contributed by atoms with Gasteiger partial charge in [0, 0.05) is 23.2 Å². The number of nitrogens with zero attached hydrogens (tertiary/aromatic N) is 1. The number of thioether (sulfide) groups is 1. The van der Waals surface area contributed by atoms with Gasteiger partial charge in [-0.3, -0.25) is 0 Å². The Morgan fingerprint density at radius 3 is 2.90 bits per heavy atom. The van der Waals surface area contributed by atoms with Gasteiger partial charge in [0.1, 0.15) is 0 Å². The Kier molecular flexibility index (Phi) is 6.91. The van der Waals surface area contributed by atoms with Gasteiger partial charge in [-0.05, 0) is 63.1 Å². The zero-order chi connectivity index (χ0) is 15.1. The van der Waals surface area contributed by atoms with Crippen LogP contribution in [0.1, 0.15) is 40.0 Å². The summed E-state index contributed by atoms with van der Waals surface area (Å²) in [5, 5.41) is 3.78. The molecule has 1 N–H and O–H groups in total. The van der Waals surface area contributed by atoms with Crippen LogP contribution in [0.5, 0.6) is 0 Å². The molecule has 1 fully saturated rings. The van der Waals surface area contributed by atoms with Gasteiger partial charge in [0.25, 0.3) is 0 Å². The van der Waals surface area contributed by atoms with Crippen LogP contribution in [0.25, 0.3) is 0 Å². The quantitative estimate of drug-likeness (QED) is 0.734. The van der Waals surface area contributed by atoms with Gasteiger partial charge in [0.2, 0.25) is 0 Å². The van der Waals surface area contributed by atoms with E-state index in [9.17, 15) is 0 Å². The Balaban J connectivity index is 1.95. The predicted octanol–water partition coefficient (Wildman–Crippen LogP) is 4.72. The van der Waals surface area contributed by atoms with Crippen molar-refractivity contribution >= 4 is 17.4 Å². The Hall–Kier alpha value is -0.670. The lowest BCUT2D eigenvalue weighted by molar-refractivity contribution is 0.165. The van der Waals surface area contributed by atoms with E-state index in [4.69, 9.17) is 0 Å². The molecule has 3 heteroatoms. The second-order valence-corrected chi connectivity index (χ2v) is 7.37. The van der Waals surface area contributed by atoms with Gasteiger partial charge in [-0.15, -0.1) is 11.8 Å². The third-order valence-corrected chi connectivity index (χ3v) is 5.31. The first kappa shape index (κ1) is 16.7. The fourth-order valence-corrected chi connectivity index (χ4v) is 4.02. The normalized spacial score (nSPS) is 21.2. The van der Waals surface area contributed by atoms with Crippen LogP contribution in [-0.2, 0) is 0 Å². The van der Waals surface area contributed by atoms with Crippen molar-refractivity contribution < 1.29 is 0 Å². The zero-order valence-corrected chi connectivity index (χ0v) is 14.6. The Morgan fingerprint density at radius 1 is 1.33 bits per heavy atom. The number of rotatable bonds is 7. The lowest BCUT2D eigenvalue weighted by Crippen LogP contribution is -2.42. The maximum absolute atomic E-state index is 3.78. The first-order chi connectivity index (χ1) is 10.2. The number of likely N-dealkylation sites (tertiary alicyclic amines) is 1. The zero-order valence-electron chi connectivity index (χ0n) is 13.8. The third-order valence-electron chi connectivity index (χ3n) is 4.36. The van der Waals surface area contributed by atoms with Crippen molar-refractivity contribution in [2.45, 2.75) is 51.0 Å². The van der Waals surface area contributed by atoms with Crippen LogP contribution in [0.3, 0.4) is 0 Å². The molecule has 0 saturated carbocycles. The van der Waals surface area contributed by atoms with Gasteiger partial charge in [-0.25, -0.2) is 0 Å². The van der Waals surface area contributed by atoms with Gasteiger partial charge < -0.3 is 10.2 Å². The lowest BCUT2D eigenvalue weighted by atomic mass is 9.91. The molecule has 2 rings (SSSR count). The summed E-state index contributed by atoms with van der Waals surface area (Å²) < 4.78 is 0. The number of piperidine rings is 1. The number of nitrogens with one attached hydrogen (secondary N) is 1. The average molecular weight is 307 g/mol. The predicted molar refractivity (Wildman–Crippen MR) is 95.4 cm³/mol. The smallest absolute Gasteiger partial charge is 0.0480 e. The van der Waals surface area contributed by atoms with Gasteiger partial charge in [0.15, 0.2) is 0 Å². The number of benzene rings is 1. The third kappa shape index (κ3) is 4.93. The largest absolute Gasteiger partial charge is 0.381 e. The Morgan fingerprint density at radius 2 is 2.14 bits per heavy atom. The highest BCUT2D eigenvalue weighted by molar-refractivity contribution is 7.99. The van der Waals surface area contributed by atoms with Crippen LogP contribution in [0, 0.1) is 5.92 Å². The molecule has 0 aromatic heterocycles. The van der Waals surface area contributed by atoms with E-state index in [1.54, 1.807) is 0 Å². The van der Waals surface area contributed by atoms with Crippen molar-refractivity contribution in [1.29, 1.82) is 0 Å². The van der Waals surface area contributed by atoms with Crippen LogP contribution in [0.4, 0.5) is 5.69 Å². The number of hydrogen-bond acceptors (Lipinski definition) is 3. The molecule has 0 aliphatic carbocycles. The summed E-state index contributed by atoms with van der Waals surface area (Å²) in [6.45, 7) is 10.7. The molecule has 1 aromatic carbocycles. The standard InChI is InChI=1S/C18H30N2S/c1-4-12-20-13-8-9-16(14-20)15(3)19-17-10-6-7-11-18(17)21-5-2/h6-7,10-11,15-16,19H,4-5,8-9,12-14H2,1-3H3. The first-order valence-corrected chi connectivity index (χ1v) is 9.43. The van der Waals surface area contributed by atoms with Crippen molar-refractivity contribution in [3.05, 3.63) is 24.3 Å². The highest BCUT2D eigenvalue weighted by Crippen LogP contribution is 2.29. The van der Waals surface area contributed by atoms with E-state index in [0.717, 1.165) is 11.7 Å². The van der Waals surface area contributed by atoms with Crippen LogP contribution in [0.2, 0.25) is 0 Å². The highest BCUT2D eigenvalue weighted by atomic mass is 32.2. The maximum Gasteiger partial charge on any atom is 0.0480 e. The molecular formula is C18H30N2S. The molecular weight excluding hydrogens is 276 g/mol. The molecule has 1 heterocycles. The van der Waals surface area contributed by atoms with E-state index in [2.05, 4.69) is 55.3 Å². The number of anilines is 1. The minimum atomic E-state index is 0.545. The van der Waals surface area contributed by atoms with Gasteiger partial charge >= 0.3 is 0 Å². The number of hydrogen-bond donors (Lipinski definition) is 1. The molecule has 2 nitrogen and oxygen atoms in total. The van der Waals surface area contributed by atoms with Gasteiger partial charge in [-0.1, -0.05) is 26.0 Å². The molecule has 1 saturated heterocycles. The van der Waals surface area contributed by atoms with E-state index < -0.39 is 0 Å².